The lowest BCUT2D eigenvalue weighted by Gasteiger charge is -2.34. The fraction of sp³-hybridized carbons (Fsp3) is 0.391. The summed E-state index contributed by atoms with van der Waals surface area (Å²) in [4.78, 5) is 22.0. The molecule has 11 heteroatoms. The zero-order chi connectivity index (χ0) is 23.9. The van der Waals surface area contributed by atoms with Crippen molar-refractivity contribution in [3.05, 3.63) is 52.5 Å². The van der Waals surface area contributed by atoms with Gasteiger partial charge in [0.1, 0.15) is 0 Å². The molecule has 0 atom stereocenters. The second kappa shape index (κ2) is 9.43. The molecule has 2 aliphatic heterocycles. The Morgan fingerprint density at radius 1 is 1.00 bits per heavy atom. The van der Waals surface area contributed by atoms with Crippen LogP contribution >= 0.6 is 22.9 Å². The third-order valence-corrected chi connectivity index (χ3v) is 9.69. The maximum absolute atomic E-state index is 13.0. The highest BCUT2D eigenvalue weighted by Crippen LogP contribution is 2.34. The minimum absolute atomic E-state index is 0.0955. The van der Waals surface area contributed by atoms with Gasteiger partial charge in [0.05, 0.1) is 28.3 Å². The first-order valence-electron chi connectivity index (χ1n) is 11.1. The number of sulfonamides is 1. The average Bonchev–Trinajstić information content (AvgIpc) is 3.32. The zero-order valence-electron chi connectivity index (χ0n) is 18.7. The second-order valence-electron chi connectivity index (χ2n) is 8.34. The van der Waals surface area contributed by atoms with Crippen molar-refractivity contribution in [1.82, 2.24) is 14.2 Å². The molecule has 8 nitrogen and oxygen atoms in total. The number of rotatable bonds is 4. The first kappa shape index (κ1) is 23.5. The van der Waals surface area contributed by atoms with E-state index in [0.29, 0.717) is 63.1 Å². The van der Waals surface area contributed by atoms with E-state index >= 15 is 0 Å². The van der Waals surface area contributed by atoms with Gasteiger partial charge >= 0.3 is 0 Å². The lowest BCUT2D eigenvalue weighted by Crippen LogP contribution is -2.48. The number of halogens is 1. The molecular formula is C23H25ClN4O4S2. The van der Waals surface area contributed by atoms with Crippen LogP contribution in [0.25, 0.3) is 10.2 Å². The minimum atomic E-state index is -3.58. The third-order valence-electron chi connectivity index (χ3n) is 6.28. The minimum Gasteiger partial charge on any atom is -0.379 e. The van der Waals surface area contributed by atoms with Crippen molar-refractivity contribution in [2.75, 3.05) is 57.4 Å². The van der Waals surface area contributed by atoms with E-state index < -0.39 is 10.0 Å². The van der Waals surface area contributed by atoms with Gasteiger partial charge in [-0.05, 0) is 48.9 Å². The number of piperazine rings is 1. The standard InChI is InChI=1S/C23H25ClN4O4S2/c1-16-19(24)6-7-20-21(16)25-23(33-20)27-10-8-26(9-11-27)22(29)17-2-4-18(5-3-17)34(30,31)28-12-14-32-15-13-28/h2-7H,8-15H2,1H3. The molecule has 2 aromatic carbocycles. The summed E-state index contributed by atoms with van der Waals surface area (Å²) in [5.74, 6) is -0.0955. The number of amides is 1. The monoisotopic (exact) mass is 520 g/mol. The Morgan fingerprint density at radius 3 is 2.35 bits per heavy atom. The van der Waals surface area contributed by atoms with Gasteiger partial charge in [-0.2, -0.15) is 4.31 Å². The number of carbonyl (C=O) groups excluding carboxylic acids is 1. The van der Waals surface area contributed by atoms with Crippen molar-refractivity contribution >= 4 is 54.2 Å². The first-order valence-corrected chi connectivity index (χ1v) is 13.8. The Bertz CT molecular complexity index is 1310. The SMILES string of the molecule is Cc1c(Cl)ccc2sc(N3CCN(C(=O)c4ccc(S(=O)(=O)N5CCOCC5)cc4)CC3)nc12. The van der Waals surface area contributed by atoms with Crippen LogP contribution in [0.5, 0.6) is 0 Å². The molecule has 2 saturated heterocycles. The van der Waals surface area contributed by atoms with Gasteiger partial charge in [0.2, 0.25) is 10.0 Å². The van der Waals surface area contributed by atoms with Crippen LogP contribution in [-0.4, -0.2) is 81.0 Å². The first-order chi connectivity index (χ1) is 16.3. The number of anilines is 1. The van der Waals surface area contributed by atoms with Gasteiger partial charge in [0.25, 0.3) is 5.91 Å². The average molecular weight is 521 g/mol. The number of carbonyl (C=O) groups is 1. The highest BCUT2D eigenvalue weighted by atomic mass is 35.5. The Labute approximate surface area is 207 Å². The number of hydrogen-bond donors (Lipinski definition) is 0. The normalized spacial score (nSPS) is 17.9. The summed E-state index contributed by atoms with van der Waals surface area (Å²) < 4.78 is 33.4. The summed E-state index contributed by atoms with van der Waals surface area (Å²) in [7, 11) is -3.58. The number of nitrogens with zero attached hydrogens (tertiary/aromatic N) is 4. The van der Waals surface area contributed by atoms with Crippen LogP contribution < -0.4 is 4.90 Å². The summed E-state index contributed by atoms with van der Waals surface area (Å²) in [5, 5.41) is 1.65. The summed E-state index contributed by atoms with van der Waals surface area (Å²) >= 11 is 7.87. The highest BCUT2D eigenvalue weighted by molar-refractivity contribution is 7.89. The molecule has 34 heavy (non-hydrogen) atoms. The Kier molecular flexibility index (Phi) is 6.51. The summed E-state index contributed by atoms with van der Waals surface area (Å²) in [6, 6.07) is 10.1. The number of aryl methyl sites for hydroxylation is 1. The van der Waals surface area contributed by atoms with Crippen molar-refractivity contribution < 1.29 is 17.9 Å². The van der Waals surface area contributed by atoms with Crippen molar-refractivity contribution in [2.45, 2.75) is 11.8 Å². The number of benzene rings is 2. The van der Waals surface area contributed by atoms with E-state index in [4.69, 9.17) is 21.3 Å². The van der Waals surface area contributed by atoms with Crippen LogP contribution in [0.4, 0.5) is 5.13 Å². The van der Waals surface area contributed by atoms with Crippen LogP contribution in [0, 0.1) is 6.92 Å². The molecule has 0 aliphatic carbocycles. The maximum Gasteiger partial charge on any atom is 0.253 e. The van der Waals surface area contributed by atoms with Crippen molar-refractivity contribution in [3.8, 4) is 0 Å². The molecule has 0 saturated carbocycles. The fourth-order valence-electron chi connectivity index (χ4n) is 4.21. The third kappa shape index (κ3) is 4.40. The number of thiazole rings is 1. The van der Waals surface area contributed by atoms with E-state index in [1.165, 1.54) is 16.4 Å². The van der Waals surface area contributed by atoms with Gasteiger partial charge in [-0.15, -0.1) is 0 Å². The fourth-order valence-corrected chi connectivity index (χ4v) is 6.85. The van der Waals surface area contributed by atoms with E-state index in [2.05, 4.69) is 4.90 Å². The van der Waals surface area contributed by atoms with E-state index in [1.54, 1.807) is 28.4 Å². The molecule has 0 unspecified atom stereocenters. The number of aromatic nitrogens is 1. The van der Waals surface area contributed by atoms with Crippen molar-refractivity contribution in [2.24, 2.45) is 0 Å². The number of morpholine rings is 1. The van der Waals surface area contributed by atoms with Gasteiger partial charge in [-0.1, -0.05) is 22.9 Å². The molecule has 2 aliphatic rings. The maximum atomic E-state index is 13.0. The van der Waals surface area contributed by atoms with E-state index in [-0.39, 0.29) is 10.8 Å². The molecule has 0 radical (unpaired) electrons. The number of ether oxygens (including phenoxy) is 1. The second-order valence-corrected chi connectivity index (χ2v) is 11.7. The van der Waals surface area contributed by atoms with E-state index in [1.807, 2.05) is 19.1 Å². The van der Waals surface area contributed by atoms with Crippen LogP contribution in [-0.2, 0) is 14.8 Å². The van der Waals surface area contributed by atoms with E-state index in [0.717, 1.165) is 20.9 Å². The van der Waals surface area contributed by atoms with Gasteiger partial charge < -0.3 is 14.5 Å². The predicted molar refractivity (Wildman–Crippen MR) is 134 cm³/mol. The van der Waals surface area contributed by atoms with Gasteiger partial charge in [0.15, 0.2) is 5.13 Å². The van der Waals surface area contributed by atoms with Gasteiger partial charge in [0, 0.05) is 49.9 Å². The molecule has 0 bridgehead atoms. The predicted octanol–water partition coefficient (Wildman–Crippen LogP) is 3.24. The van der Waals surface area contributed by atoms with Gasteiger partial charge in [-0.3, -0.25) is 4.79 Å². The van der Waals surface area contributed by atoms with E-state index in [9.17, 15) is 13.2 Å². The molecule has 0 spiro atoms. The quantitative estimate of drug-likeness (QED) is 0.525. The summed E-state index contributed by atoms with van der Waals surface area (Å²) in [5.41, 5.74) is 2.40. The molecule has 1 aromatic heterocycles. The smallest absolute Gasteiger partial charge is 0.253 e. The summed E-state index contributed by atoms with van der Waals surface area (Å²) in [6.07, 6.45) is 0. The molecule has 3 heterocycles. The molecule has 2 fully saturated rings. The number of hydrogen-bond acceptors (Lipinski definition) is 7. The molecule has 3 aromatic rings. The topological polar surface area (TPSA) is 83.1 Å². The highest BCUT2D eigenvalue weighted by Gasteiger charge is 2.28. The van der Waals surface area contributed by atoms with Crippen LogP contribution in [0.1, 0.15) is 15.9 Å². The van der Waals surface area contributed by atoms with Crippen molar-refractivity contribution in [3.63, 3.8) is 0 Å². The Morgan fingerprint density at radius 2 is 1.68 bits per heavy atom. The largest absolute Gasteiger partial charge is 0.379 e. The Hall–Kier alpha value is -2.24. The van der Waals surface area contributed by atoms with Crippen LogP contribution in [0.3, 0.4) is 0 Å². The zero-order valence-corrected chi connectivity index (χ0v) is 21.1. The number of fused-ring (bicyclic) bond motifs is 1. The summed E-state index contributed by atoms with van der Waals surface area (Å²) in [6.45, 7) is 5.96. The lowest BCUT2D eigenvalue weighted by atomic mass is 10.2. The molecular weight excluding hydrogens is 496 g/mol. The van der Waals surface area contributed by atoms with Crippen molar-refractivity contribution in [1.29, 1.82) is 0 Å². The lowest BCUT2D eigenvalue weighted by molar-refractivity contribution is 0.0730. The molecule has 5 rings (SSSR count). The van der Waals surface area contributed by atoms with Gasteiger partial charge in [-0.25, -0.2) is 13.4 Å². The Balaban J connectivity index is 1.24. The molecule has 1 amide bonds. The molecule has 180 valence electrons. The van der Waals surface area contributed by atoms with Crippen LogP contribution in [0.2, 0.25) is 5.02 Å². The molecule has 0 N–H and O–H groups in total. The van der Waals surface area contributed by atoms with Crippen LogP contribution in [0.15, 0.2) is 41.3 Å².